The molecule has 1 fully saturated rings. The van der Waals surface area contributed by atoms with Gasteiger partial charge in [-0.3, -0.25) is 0 Å². The first-order valence-electron chi connectivity index (χ1n) is 7.50. The van der Waals surface area contributed by atoms with Gasteiger partial charge in [-0.05, 0) is 36.8 Å². The van der Waals surface area contributed by atoms with Crippen molar-refractivity contribution in [1.29, 1.82) is 0 Å². The van der Waals surface area contributed by atoms with Crippen molar-refractivity contribution in [2.45, 2.75) is 39.0 Å². The van der Waals surface area contributed by atoms with Gasteiger partial charge < -0.3 is 10.3 Å². The van der Waals surface area contributed by atoms with E-state index in [0.29, 0.717) is 0 Å². The molecule has 2 atom stereocenters. The van der Waals surface area contributed by atoms with Crippen LogP contribution in [0.25, 0.3) is 11.0 Å². The number of H-pyrrole nitrogens is 1. The predicted molar refractivity (Wildman–Crippen MR) is 80.3 cm³/mol. The quantitative estimate of drug-likeness (QED) is 0.862. The average Bonchev–Trinajstić information content (AvgIpc) is 2.81. The summed E-state index contributed by atoms with van der Waals surface area (Å²) in [5.74, 6) is 2.73. The van der Waals surface area contributed by atoms with Crippen molar-refractivity contribution in [2.24, 2.45) is 11.8 Å². The maximum absolute atomic E-state index is 4.54. The second-order valence-electron chi connectivity index (χ2n) is 5.96. The standard InChI is InChI=1S/C16H23N3/c1-12-5-4-6-13(11-12)9-10-17-16-18-14-7-2-3-8-15(14)19-16/h2-3,7-8,12-13H,4-6,9-11H2,1H3,(H2,17,18,19). The Hall–Kier alpha value is -1.51. The molecule has 0 aliphatic heterocycles. The fourth-order valence-corrected chi connectivity index (χ4v) is 3.25. The van der Waals surface area contributed by atoms with Crippen LogP contribution in [0.2, 0.25) is 0 Å². The summed E-state index contributed by atoms with van der Waals surface area (Å²) in [5.41, 5.74) is 2.15. The van der Waals surface area contributed by atoms with E-state index in [1.165, 1.54) is 32.1 Å². The normalized spacial score (nSPS) is 23.6. The summed E-state index contributed by atoms with van der Waals surface area (Å²) in [4.78, 5) is 7.86. The molecule has 0 bridgehead atoms. The summed E-state index contributed by atoms with van der Waals surface area (Å²) in [7, 11) is 0. The topological polar surface area (TPSA) is 40.7 Å². The number of nitrogens with one attached hydrogen (secondary N) is 2. The molecule has 1 aromatic carbocycles. The van der Waals surface area contributed by atoms with Crippen LogP contribution in [-0.4, -0.2) is 16.5 Å². The van der Waals surface area contributed by atoms with Gasteiger partial charge >= 0.3 is 0 Å². The van der Waals surface area contributed by atoms with Crippen LogP contribution < -0.4 is 5.32 Å². The SMILES string of the molecule is CC1CCCC(CCNc2nc3ccccc3[nH]2)C1. The van der Waals surface area contributed by atoms with E-state index in [9.17, 15) is 0 Å². The van der Waals surface area contributed by atoms with Crippen LogP contribution in [0, 0.1) is 11.8 Å². The average molecular weight is 257 g/mol. The maximum atomic E-state index is 4.54. The van der Waals surface area contributed by atoms with Crippen LogP contribution in [0.5, 0.6) is 0 Å². The Kier molecular flexibility index (Phi) is 3.72. The van der Waals surface area contributed by atoms with Gasteiger partial charge in [-0.25, -0.2) is 4.98 Å². The number of rotatable bonds is 4. The lowest BCUT2D eigenvalue weighted by molar-refractivity contribution is 0.274. The van der Waals surface area contributed by atoms with Crippen molar-refractivity contribution in [3.05, 3.63) is 24.3 Å². The van der Waals surface area contributed by atoms with E-state index in [4.69, 9.17) is 0 Å². The zero-order chi connectivity index (χ0) is 13.1. The van der Waals surface area contributed by atoms with Crippen molar-refractivity contribution in [3.63, 3.8) is 0 Å². The van der Waals surface area contributed by atoms with Crippen LogP contribution in [0.3, 0.4) is 0 Å². The first kappa shape index (κ1) is 12.5. The number of para-hydroxylation sites is 2. The van der Waals surface area contributed by atoms with Crippen LogP contribution >= 0.6 is 0 Å². The summed E-state index contributed by atoms with van der Waals surface area (Å²) in [6.07, 6.45) is 6.92. The largest absolute Gasteiger partial charge is 0.356 e. The number of aromatic nitrogens is 2. The van der Waals surface area contributed by atoms with E-state index in [1.807, 2.05) is 18.2 Å². The monoisotopic (exact) mass is 257 g/mol. The van der Waals surface area contributed by atoms with Gasteiger partial charge in [0.15, 0.2) is 0 Å². The Morgan fingerprint density at radius 1 is 1.32 bits per heavy atom. The van der Waals surface area contributed by atoms with Gasteiger partial charge in [-0.2, -0.15) is 0 Å². The Morgan fingerprint density at radius 2 is 2.21 bits per heavy atom. The molecule has 2 aromatic rings. The highest BCUT2D eigenvalue weighted by molar-refractivity contribution is 5.77. The molecule has 1 aromatic heterocycles. The molecule has 1 aliphatic carbocycles. The van der Waals surface area contributed by atoms with Gasteiger partial charge in [-0.1, -0.05) is 38.3 Å². The Morgan fingerprint density at radius 3 is 3.05 bits per heavy atom. The van der Waals surface area contributed by atoms with Gasteiger partial charge in [-0.15, -0.1) is 0 Å². The van der Waals surface area contributed by atoms with Gasteiger partial charge in [0.05, 0.1) is 11.0 Å². The first-order chi connectivity index (χ1) is 9.31. The minimum absolute atomic E-state index is 0.903. The van der Waals surface area contributed by atoms with E-state index in [1.54, 1.807) is 0 Å². The molecule has 19 heavy (non-hydrogen) atoms. The molecular formula is C16H23N3. The molecule has 3 rings (SSSR count). The Labute approximate surface area is 114 Å². The third kappa shape index (κ3) is 3.09. The van der Waals surface area contributed by atoms with Crippen molar-refractivity contribution >= 4 is 17.0 Å². The summed E-state index contributed by atoms with van der Waals surface area (Å²) in [6.45, 7) is 3.41. The number of imidazole rings is 1. The highest BCUT2D eigenvalue weighted by atomic mass is 15.1. The number of anilines is 1. The number of hydrogen-bond donors (Lipinski definition) is 2. The van der Waals surface area contributed by atoms with Crippen LogP contribution in [0.1, 0.15) is 39.0 Å². The third-order valence-electron chi connectivity index (χ3n) is 4.28. The highest BCUT2D eigenvalue weighted by Gasteiger charge is 2.18. The number of aromatic amines is 1. The fraction of sp³-hybridized carbons (Fsp3) is 0.562. The molecule has 102 valence electrons. The smallest absolute Gasteiger partial charge is 0.201 e. The molecule has 3 heteroatoms. The zero-order valence-electron chi connectivity index (χ0n) is 11.7. The zero-order valence-corrected chi connectivity index (χ0v) is 11.7. The van der Waals surface area contributed by atoms with E-state index in [-0.39, 0.29) is 0 Å². The van der Waals surface area contributed by atoms with Gasteiger partial charge in [0.2, 0.25) is 5.95 Å². The summed E-state index contributed by atoms with van der Waals surface area (Å²) in [5, 5.41) is 3.43. The predicted octanol–water partition coefficient (Wildman–Crippen LogP) is 4.19. The summed E-state index contributed by atoms with van der Waals surface area (Å²) >= 11 is 0. The van der Waals surface area contributed by atoms with Crippen molar-refractivity contribution in [3.8, 4) is 0 Å². The van der Waals surface area contributed by atoms with Gasteiger partial charge in [0.1, 0.15) is 0 Å². The second-order valence-corrected chi connectivity index (χ2v) is 5.96. The van der Waals surface area contributed by atoms with E-state index in [2.05, 4.69) is 28.3 Å². The van der Waals surface area contributed by atoms with Crippen LogP contribution in [0.4, 0.5) is 5.95 Å². The van der Waals surface area contributed by atoms with E-state index < -0.39 is 0 Å². The lowest BCUT2D eigenvalue weighted by Crippen LogP contribution is -2.16. The van der Waals surface area contributed by atoms with Gasteiger partial charge in [0.25, 0.3) is 0 Å². The first-order valence-corrected chi connectivity index (χ1v) is 7.50. The Balaban J connectivity index is 1.51. The molecule has 1 saturated carbocycles. The van der Waals surface area contributed by atoms with Crippen molar-refractivity contribution in [2.75, 3.05) is 11.9 Å². The summed E-state index contributed by atoms with van der Waals surface area (Å²) in [6, 6.07) is 8.17. The van der Waals surface area contributed by atoms with E-state index >= 15 is 0 Å². The lowest BCUT2D eigenvalue weighted by atomic mass is 9.81. The van der Waals surface area contributed by atoms with Gasteiger partial charge in [0, 0.05) is 6.54 Å². The highest BCUT2D eigenvalue weighted by Crippen LogP contribution is 2.30. The van der Waals surface area contributed by atoms with Crippen molar-refractivity contribution in [1.82, 2.24) is 9.97 Å². The lowest BCUT2D eigenvalue weighted by Gasteiger charge is -2.26. The minimum atomic E-state index is 0.903. The molecule has 0 saturated heterocycles. The van der Waals surface area contributed by atoms with Crippen LogP contribution in [0.15, 0.2) is 24.3 Å². The second kappa shape index (κ2) is 5.64. The molecular weight excluding hydrogens is 234 g/mol. The van der Waals surface area contributed by atoms with Crippen molar-refractivity contribution < 1.29 is 0 Å². The van der Waals surface area contributed by atoms with Crippen LogP contribution in [-0.2, 0) is 0 Å². The summed E-state index contributed by atoms with van der Waals surface area (Å²) < 4.78 is 0. The Bertz CT molecular complexity index is 499. The fourth-order valence-electron chi connectivity index (χ4n) is 3.25. The molecule has 1 heterocycles. The molecule has 3 nitrogen and oxygen atoms in total. The number of hydrogen-bond acceptors (Lipinski definition) is 2. The minimum Gasteiger partial charge on any atom is -0.356 e. The number of nitrogens with zero attached hydrogens (tertiary/aromatic N) is 1. The third-order valence-corrected chi connectivity index (χ3v) is 4.28. The molecule has 0 radical (unpaired) electrons. The number of fused-ring (bicyclic) bond motifs is 1. The molecule has 0 spiro atoms. The molecule has 0 amide bonds. The maximum Gasteiger partial charge on any atom is 0.201 e. The molecule has 2 unspecified atom stereocenters. The van der Waals surface area contributed by atoms with E-state index in [0.717, 1.165) is 35.4 Å². The number of benzene rings is 1. The molecule has 1 aliphatic rings. The molecule has 2 N–H and O–H groups in total.